The molecule has 8 heteroatoms. The van der Waals surface area contributed by atoms with Gasteiger partial charge in [-0.1, -0.05) is 0 Å². The SMILES string of the molecule is C[C@H]1Cc2c(ncnc2Oc2ccc3[nH]ccc3c2F)CN1C(=O)O. The number of ether oxygens (including phenoxy) is 1. The van der Waals surface area contributed by atoms with Crippen LogP contribution in [0.4, 0.5) is 9.18 Å². The summed E-state index contributed by atoms with van der Waals surface area (Å²) in [5.74, 6) is -0.140. The fourth-order valence-electron chi connectivity index (χ4n) is 3.10. The van der Waals surface area contributed by atoms with Gasteiger partial charge in [0.25, 0.3) is 0 Å². The summed E-state index contributed by atoms with van der Waals surface area (Å²) in [7, 11) is 0. The van der Waals surface area contributed by atoms with Crippen LogP contribution in [-0.2, 0) is 13.0 Å². The quantitative estimate of drug-likeness (QED) is 0.745. The van der Waals surface area contributed by atoms with Crippen LogP contribution in [-0.4, -0.2) is 37.1 Å². The standard InChI is InChI=1S/C17H15FN4O3/c1-9-6-11-13(7-22(9)17(23)24)20-8-21-16(11)25-14-3-2-12-10(15(14)18)4-5-19-12/h2-5,8-9,19H,6-7H2,1H3,(H,23,24)/t9-/m0/s1. The van der Waals surface area contributed by atoms with Gasteiger partial charge >= 0.3 is 6.09 Å². The van der Waals surface area contributed by atoms with Gasteiger partial charge in [-0.15, -0.1) is 0 Å². The topological polar surface area (TPSA) is 91.3 Å². The van der Waals surface area contributed by atoms with Gasteiger partial charge in [-0.05, 0) is 31.5 Å². The minimum Gasteiger partial charge on any atom is -0.465 e. The van der Waals surface area contributed by atoms with E-state index in [-0.39, 0.29) is 24.2 Å². The molecule has 1 atom stereocenters. The Hall–Kier alpha value is -3.16. The molecular weight excluding hydrogens is 327 g/mol. The molecule has 4 rings (SSSR count). The van der Waals surface area contributed by atoms with Gasteiger partial charge in [0.05, 0.1) is 12.2 Å². The number of aromatic amines is 1. The minimum atomic E-state index is -0.997. The van der Waals surface area contributed by atoms with E-state index in [1.165, 1.54) is 11.2 Å². The summed E-state index contributed by atoms with van der Waals surface area (Å²) in [5.41, 5.74) is 1.97. The Morgan fingerprint density at radius 3 is 3.04 bits per heavy atom. The number of halogens is 1. The maximum absolute atomic E-state index is 14.6. The first kappa shape index (κ1) is 15.4. The highest BCUT2D eigenvalue weighted by atomic mass is 19.1. The van der Waals surface area contributed by atoms with Crippen LogP contribution in [0, 0.1) is 5.82 Å². The normalized spacial score (nSPS) is 16.7. The van der Waals surface area contributed by atoms with E-state index in [4.69, 9.17) is 4.74 Å². The first-order valence-electron chi connectivity index (χ1n) is 7.80. The predicted octanol–water partition coefficient (Wildman–Crippen LogP) is 3.31. The Kier molecular flexibility index (Phi) is 3.52. The number of benzene rings is 1. The zero-order chi connectivity index (χ0) is 17.6. The van der Waals surface area contributed by atoms with Gasteiger partial charge in [0.2, 0.25) is 5.88 Å². The average Bonchev–Trinajstić information content (AvgIpc) is 3.06. The van der Waals surface area contributed by atoms with Gasteiger partial charge in [-0.25, -0.2) is 19.2 Å². The van der Waals surface area contributed by atoms with E-state index in [1.807, 2.05) is 0 Å². The van der Waals surface area contributed by atoms with E-state index in [1.54, 1.807) is 31.3 Å². The van der Waals surface area contributed by atoms with Crippen molar-refractivity contribution < 1.29 is 19.0 Å². The molecule has 0 aliphatic carbocycles. The Morgan fingerprint density at radius 1 is 1.40 bits per heavy atom. The molecular formula is C17H15FN4O3. The van der Waals surface area contributed by atoms with Crippen molar-refractivity contribution in [3.63, 3.8) is 0 Å². The number of carbonyl (C=O) groups is 1. The van der Waals surface area contributed by atoms with Crippen molar-refractivity contribution in [2.45, 2.75) is 25.9 Å². The fraction of sp³-hybridized carbons (Fsp3) is 0.235. The molecule has 0 unspecified atom stereocenters. The van der Waals surface area contributed by atoms with Crippen molar-refractivity contribution in [2.24, 2.45) is 0 Å². The highest BCUT2D eigenvalue weighted by Crippen LogP contribution is 2.33. The summed E-state index contributed by atoms with van der Waals surface area (Å²) in [6.45, 7) is 1.96. The second-order valence-electron chi connectivity index (χ2n) is 5.99. The molecule has 1 amide bonds. The smallest absolute Gasteiger partial charge is 0.407 e. The molecule has 2 aromatic heterocycles. The van der Waals surface area contributed by atoms with E-state index in [0.29, 0.717) is 28.6 Å². The van der Waals surface area contributed by atoms with Crippen molar-refractivity contribution in [3.05, 3.63) is 47.8 Å². The first-order valence-corrected chi connectivity index (χ1v) is 7.80. The van der Waals surface area contributed by atoms with E-state index in [0.717, 1.165) is 0 Å². The lowest BCUT2D eigenvalue weighted by Gasteiger charge is -2.32. The number of fused-ring (bicyclic) bond motifs is 2. The largest absolute Gasteiger partial charge is 0.465 e. The molecule has 128 valence electrons. The molecule has 0 fully saturated rings. The molecule has 7 nitrogen and oxygen atoms in total. The van der Waals surface area contributed by atoms with Crippen LogP contribution in [0.15, 0.2) is 30.7 Å². The average molecular weight is 342 g/mol. The Labute approximate surface area is 142 Å². The third-order valence-corrected chi connectivity index (χ3v) is 4.43. The van der Waals surface area contributed by atoms with E-state index < -0.39 is 11.9 Å². The molecule has 2 N–H and O–H groups in total. The number of hydrogen-bond donors (Lipinski definition) is 2. The Bertz CT molecular complexity index is 972. The summed E-state index contributed by atoms with van der Waals surface area (Å²) in [6, 6.07) is 4.67. The second-order valence-corrected chi connectivity index (χ2v) is 5.99. The van der Waals surface area contributed by atoms with Crippen LogP contribution < -0.4 is 4.74 Å². The van der Waals surface area contributed by atoms with Gasteiger partial charge < -0.3 is 14.8 Å². The Morgan fingerprint density at radius 2 is 2.24 bits per heavy atom. The van der Waals surface area contributed by atoms with Crippen LogP contribution in [0.1, 0.15) is 18.2 Å². The molecule has 0 saturated heterocycles. The number of H-pyrrole nitrogens is 1. The van der Waals surface area contributed by atoms with E-state index >= 15 is 0 Å². The minimum absolute atomic E-state index is 0.0707. The van der Waals surface area contributed by atoms with E-state index in [9.17, 15) is 14.3 Å². The number of nitrogens with one attached hydrogen (secondary N) is 1. The second kappa shape index (κ2) is 5.73. The summed E-state index contributed by atoms with van der Waals surface area (Å²) >= 11 is 0. The zero-order valence-electron chi connectivity index (χ0n) is 13.4. The van der Waals surface area contributed by atoms with Crippen LogP contribution >= 0.6 is 0 Å². The molecule has 1 aliphatic rings. The third kappa shape index (κ3) is 2.55. The molecule has 25 heavy (non-hydrogen) atoms. The van der Waals surface area contributed by atoms with Crippen LogP contribution in [0.3, 0.4) is 0 Å². The van der Waals surface area contributed by atoms with Gasteiger partial charge in [0.15, 0.2) is 11.6 Å². The van der Waals surface area contributed by atoms with Crippen molar-refractivity contribution >= 4 is 17.0 Å². The van der Waals surface area contributed by atoms with Crippen molar-refractivity contribution in [1.82, 2.24) is 19.9 Å². The van der Waals surface area contributed by atoms with Crippen LogP contribution in [0.25, 0.3) is 10.9 Å². The highest BCUT2D eigenvalue weighted by Gasteiger charge is 2.30. The number of carboxylic acid groups (broad SMARTS) is 1. The number of hydrogen-bond acceptors (Lipinski definition) is 4. The summed E-state index contributed by atoms with van der Waals surface area (Å²) in [4.78, 5) is 23.8. The number of amides is 1. The molecule has 0 saturated carbocycles. The molecule has 0 bridgehead atoms. The molecule has 0 radical (unpaired) electrons. The number of aromatic nitrogens is 3. The molecule has 3 heterocycles. The summed E-state index contributed by atoms with van der Waals surface area (Å²) in [6.07, 6.45) is 2.37. The van der Waals surface area contributed by atoms with Crippen molar-refractivity contribution in [3.8, 4) is 11.6 Å². The Balaban J connectivity index is 1.71. The summed E-state index contributed by atoms with van der Waals surface area (Å²) < 4.78 is 20.3. The third-order valence-electron chi connectivity index (χ3n) is 4.43. The van der Waals surface area contributed by atoms with Crippen LogP contribution in [0.2, 0.25) is 0 Å². The van der Waals surface area contributed by atoms with Gasteiger partial charge in [0.1, 0.15) is 6.33 Å². The zero-order valence-corrected chi connectivity index (χ0v) is 13.4. The molecule has 0 spiro atoms. The molecule has 1 aliphatic heterocycles. The van der Waals surface area contributed by atoms with E-state index in [2.05, 4.69) is 15.0 Å². The predicted molar refractivity (Wildman–Crippen MR) is 87.1 cm³/mol. The maximum Gasteiger partial charge on any atom is 0.407 e. The van der Waals surface area contributed by atoms with Gasteiger partial charge in [-0.2, -0.15) is 0 Å². The fourth-order valence-corrected chi connectivity index (χ4v) is 3.10. The lowest BCUT2D eigenvalue weighted by molar-refractivity contribution is 0.118. The van der Waals surface area contributed by atoms with Gasteiger partial charge in [0, 0.05) is 28.7 Å². The number of rotatable bonds is 2. The monoisotopic (exact) mass is 342 g/mol. The molecule has 1 aromatic carbocycles. The summed E-state index contributed by atoms with van der Waals surface area (Å²) in [5, 5.41) is 9.69. The first-order chi connectivity index (χ1) is 12.0. The van der Waals surface area contributed by atoms with Gasteiger partial charge in [-0.3, -0.25) is 4.90 Å². The van der Waals surface area contributed by atoms with Crippen LogP contribution in [0.5, 0.6) is 11.6 Å². The maximum atomic E-state index is 14.6. The lowest BCUT2D eigenvalue weighted by atomic mass is 10.00. The van der Waals surface area contributed by atoms with Crippen molar-refractivity contribution in [2.75, 3.05) is 0 Å². The lowest BCUT2D eigenvalue weighted by Crippen LogP contribution is -2.42. The van der Waals surface area contributed by atoms with Crippen molar-refractivity contribution in [1.29, 1.82) is 0 Å². The highest BCUT2D eigenvalue weighted by molar-refractivity contribution is 5.81. The molecule has 3 aromatic rings. The number of nitrogens with zero attached hydrogens (tertiary/aromatic N) is 3.